The molecule has 1 aromatic rings. The lowest BCUT2D eigenvalue weighted by Crippen LogP contribution is -2.23. The largest absolute Gasteiger partial charge is 0.459 e. The zero-order chi connectivity index (χ0) is 15.2. The molecular formula is C17H20ClFO2. The molecule has 0 unspecified atom stereocenters. The van der Waals surface area contributed by atoms with Gasteiger partial charge in [0.15, 0.2) is 0 Å². The average molecular weight is 311 g/mol. The van der Waals surface area contributed by atoms with Crippen molar-refractivity contribution in [2.75, 3.05) is 0 Å². The van der Waals surface area contributed by atoms with Gasteiger partial charge in [-0.2, -0.15) is 0 Å². The number of hydrogen-bond acceptors (Lipinski definition) is 2. The van der Waals surface area contributed by atoms with Crippen molar-refractivity contribution in [3.8, 4) is 0 Å². The highest BCUT2D eigenvalue weighted by molar-refractivity contribution is 6.30. The quantitative estimate of drug-likeness (QED) is 0.577. The van der Waals surface area contributed by atoms with Gasteiger partial charge in [-0.1, -0.05) is 30.7 Å². The van der Waals surface area contributed by atoms with Crippen LogP contribution in [0.2, 0.25) is 5.02 Å². The Morgan fingerprint density at radius 3 is 2.71 bits per heavy atom. The molecule has 0 amide bonds. The third-order valence-electron chi connectivity index (χ3n) is 3.86. The molecule has 0 bridgehead atoms. The first-order chi connectivity index (χ1) is 10.1. The molecule has 0 atom stereocenters. The summed E-state index contributed by atoms with van der Waals surface area (Å²) in [6, 6.07) is 5.00. The number of allylic oxidation sites excluding steroid dienone is 1. The van der Waals surface area contributed by atoms with Crippen LogP contribution in [0.1, 0.15) is 50.5 Å². The van der Waals surface area contributed by atoms with Crippen molar-refractivity contribution in [3.63, 3.8) is 0 Å². The number of halogens is 2. The van der Waals surface area contributed by atoms with E-state index in [0.29, 0.717) is 5.92 Å². The zero-order valence-corrected chi connectivity index (χ0v) is 12.9. The van der Waals surface area contributed by atoms with Gasteiger partial charge in [-0.25, -0.2) is 9.18 Å². The summed E-state index contributed by atoms with van der Waals surface area (Å²) < 4.78 is 18.9. The Balaban J connectivity index is 1.86. The molecule has 114 valence electrons. The van der Waals surface area contributed by atoms with E-state index in [4.69, 9.17) is 16.3 Å². The summed E-state index contributed by atoms with van der Waals surface area (Å²) in [6.45, 7) is 1.97. The van der Waals surface area contributed by atoms with Gasteiger partial charge in [0.25, 0.3) is 0 Å². The Hall–Kier alpha value is -1.35. The van der Waals surface area contributed by atoms with Crippen molar-refractivity contribution >= 4 is 17.6 Å². The maximum atomic E-state index is 13.5. The Morgan fingerprint density at radius 1 is 1.38 bits per heavy atom. The summed E-state index contributed by atoms with van der Waals surface area (Å²) in [5, 5.41) is 0.157. The van der Waals surface area contributed by atoms with Gasteiger partial charge in [0, 0.05) is 6.08 Å². The topological polar surface area (TPSA) is 26.3 Å². The number of ether oxygens (including phenoxy) is 1. The Labute approximate surface area is 129 Å². The predicted molar refractivity (Wildman–Crippen MR) is 81.9 cm³/mol. The highest BCUT2D eigenvalue weighted by atomic mass is 35.5. The Kier molecular flexibility index (Phi) is 5.80. The molecule has 1 aromatic carbocycles. The molecule has 1 fully saturated rings. The minimum atomic E-state index is -0.368. The van der Waals surface area contributed by atoms with Crippen LogP contribution >= 0.6 is 11.6 Å². The monoisotopic (exact) mass is 310 g/mol. The van der Waals surface area contributed by atoms with Gasteiger partial charge in [-0.15, -0.1) is 0 Å². The lowest BCUT2D eigenvalue weighted by atomic mass is 9.83. The molecule has 0 spiro atoms. The van der Waals surface area contributed by atoms with Crippen LogP contribution in [0, 0.1) is 5.82 Å². The van der Waals surface area contributed by atoms with Crippen molar-refractivity contribution in [2.24, 2.45) is 0 Å². The molecule has 0 N–H and O–H groups in total. The number of benzene rings is 1. The molecule has 0 saturated heterocycles. The van der Waals surface area contributed by atoms with Crippen molar-refractivity contribution in [2.45, 2.75) is 51.0 Å². The smallest absolute Gasteiger partial charge is 0.330 e. The zero-order valence-electron chi connectivity index (χ0n) is 12.1. The van der Waals surface area contributed by atoms with Gasteiger partial charge >= 0.3 is 5.97 Å². The number of hydrogen-bond donors (Lipinski definition) is 0. The van der Waals surface area contributed by atoms with E-state index in [-0.39, 0.29) is 22.9 Å². The molecule has 0 aliphatic heterocycles. The predicted octanol–water partition coefficient (Wildman–Crippen LogP) is 5.01. The third-order valence-corrected chi connectivity index (χ3v) is 4.17. The normalized spacial score (nSPS) is 22.4. The highest BCUT2D eigenvalue weighted by Crippen LogP contribution is 2.35. The maximum Gasteiger partial charge on any atom is 0.330 e. The van der Waals surface area contributed by atoms with Gasteiger partial charge < -0.3 is 4.74 Å². The van der Waals surface area contributed by atoms with Gasteiger partial charge in [0.2, 0.25) is 0 Å². The number of esters is 1. The fourth-order valence-electron chi connectivity index (χ4n) is 2.70. The second-order valence-electron chi connectivity index (χ2n) is 5.39. The van der Waals surface area contributed by atoms with Crippen molar-refractivity contribution < 1.29 is 13.9 Å². The number of carbonyl (C=O) groups is 1. The molecular weight excluding hydrogens is 291 g/mol. The van der Waals surface area contributed by atoms with E-state index in [1.807, 2.05) is 13.0 Å². The molecule has 0 radical (unpaired) electrons. The minimum Gasteiger partial charge on any atom is -0.459 e. The van der Waals surface area contributed by atoms with E-state index in [1.54, 1.807) is 12.1 Å². The second-order valence-corrected chi connectivity index (χ2v) is 5.80. The van der Waals surface area contributed by atoms with Crippen LogP contribution in [0.3, 0.4) is 0 Å². The summed E-state index contributed by atoms with van der Waals surface area (Å²) >= 11 is 5.70. The standard InChI is InChI=1S/C17H20ClFO2/c1-2-3-4-17(20)21-14-8-5-12(6-9-14)13-7-10-15(18)16(19)11-13/h3-4,7,10-12,14H,2,5-6,8-9H2,1H3/b4-3+. The summed E-state index contributed by atoms with van der Waals surface area (Å²) in [4.78, 5) is 11.5. The lowest BCUT2D eigenvalue weighted by molar-refractivity contribution is -0.144. The van der Waals surface area contributed by atoms with E-state index >= 15 is 0 Å². The fourth-order valence-corrected chi connectivity index (χ4v) is 2.82. The molecule has 1 aliphatic carbocycles. The lowest BCUT2D eigenvalue weighted by Gasteiger charge is -2.28. The van der Waals surface area contributed by atoms with Crippen molar-refractivity contribution in [1.82, 2.24) is 0 Å². The molecule has 0 heterocycles. The first-order valence-corrected chi connectivity index (χ1v) is 7.80. The summed E-state index contributed by atoms with van der Waals surface area (Å²) in [7, 11) is 0. The molecule has 21 heavy (non-hydrogen) atoms. The van der Waals surface area contributed by atoms with E-state index in [0.717, 1.165) is 37.7 Å². The SMILES string of the molecule is CC/C=C/C(=O)OC1CCC(c2ccc(Cl)c(F)c2)CC1. The van der Waals surface area contributed by atoms with Crippen molar-refractivity contribution in [3.05, 3.63) is 46.8 Å². The average Bonchev–Trinajstić information content (AvgIpc) is 2.49. The number of carbonyl (C=O) groups excluding carboxylic acids is 1. The van der Waals surface area contributed by atoms with Gasteiger partial charge in [0.05, 0.1) is 5.02 Å². The van der Waals surface area contributed by atoms with Crippen LogP contribution in [0.25, 0.3) is 0 Å². The molecule has 1 aliphatic rings. The van der Waals surface area contributed by atoms with Crippen LogP contribution in [0.4, 0.5) is 4.39 Å². The van der Waals surface area contributed by atoms with Crippen LogP contribution in [0.15, 0.2) is 30.4 Å². The molecule has 2 rings (SSSR count). The van der Waals surface area contributed by atoms with Gasteiger partial charge in [0.1, 0.15) is 11.9 Å². The Bertz CT molecular complexity index is 520. The van der Waals surface area contributed by atoms with Crippen LogP contribution in [0.5, 0.6) is 0 Å². The van der Waals surface area contributed by atoms with E-state index in [9.17, 15) is 9.18 Å². The Morgan fingerprint density at radius 2 is 2.10 bits per heavy atom. The van der Waals surface area contributed by atoms with Gasteiger partial charge in [-0.3, -0.25) is 0 Å². The summed E-state index contributed by atoms with van der Waals surface area (Å²) in [5.74, 6) is -0.317. The second kappa shape index (κ2) is 7.60. The fraction of sp³-hybridized carbons (Fsp3) is 0.471. The van der Waals surface area contributed by atoms with Crippen LogP contribution in [-0.4, -0.2) is 12.1 Å². The van der Waals surface area contributed by atoms with Gasteiger partial charge in [-0.05, 0) is 55.7 Å². The molecule has 1 saturated carbocycles. The van der Waals surface area contributed by atoms with Crippen LogP contribution in [-0.2, 0) is 9.53 Å². The van der Waals surface area contributed by atoms with Crippen LogP contribution < -0.4 is 0 Å². The molecule has 4 heteroatoms. The van der Waals surface area contributed by atoms with E-state index in [1.165, 1.54) is 12.1 Å². The van der Waals surface area contributed by atoms with E-state index < -0.39 is 0 Å². The molecule has 0 aromatic heterocycles. The summed E-state index contributed by atoms with van der Waals surface area (Å²) in [5.41, 5.74) is 0.979. The first-order valence-electron chi connectivity index (χ1n) is 7.42. The molecule has 2 nitrogen and oxygen atoms in total. The summed E-state index contributed by atoms with van der Waals surface area (Å²) in [6.07, 6.45) is 7.52. The minimum absolute atomic E-state index is 0.0209. The first kappa shape index (κ1) is 16.0. The number of rotatable bonds is 4. The third kappa shape index (κ3) is 4.57. The van der Waals surface area contributed by atoms with E-state index in [2.05, 4.69) is 0 Å². The highest BCUT2D eigenvalue weighted by Gasteiger charge is 2.24. The maximum absolute atomic E-state index is 13.5. The van der Waals surface area contributed by atoms with Crippen molar-refractivity contribution in [1.29, 1.82) is 0 Å².